The van der Waals surface area contributed by atoms with E-state index >= 15 is 0 Å². The molecule has 4 aromatic carbocycles. The molecule has 8 heteroatoms. The number of benzene rings is 4. The fourth-order valence-electron chi connectivity index (χ4n) is 4.13. The molecule has 1 aliphatic rings. The third-order valence-corrected chi connectivity index (χ3v) is 7.42. The molecular formula is C28H23BrClNO4S. The van der Waals surface area contributed by atoms with Gasteiger partial charge in [-0.3, -0.25) is 0 Å². The van der Waals surface area contributed by atoms with Crippen molar-refractivity contribution in [1.29, 1.82) is 0 Å². The second-order valence-corrected chi connectivity index (χ2v) is 10.9. The summed E-state index contributed by atoms with van der Waals surface area (Å²) in [6.07, 6.45) is 0. The van der Waals surface area contributed by atoms with Crippen molar-refractivity contribution < 1.29 is 33.5 Å². The van der Waals surface area contributed by atoms with E-state index in [2.05, 4.69) is 125 Å². The highest BCUT2D eigenvalue weighted by atomic mass is 79.9. The zero-order valence-electron chi connectivity index (χ0n) is 19.4. The molecule has 1 aliphatic heterocycles. The van der Waals surface area contributed by atoms with Crippen molar-refractivity contribution in [2.45, 2.75) is 0 Å². The fourth-order valence-corrected chi connectivity index (χ4v) is 5.63. The molecule has 0 saturated heterocycles. The predicted octanol–water partition coefficient (Wildman–Crippen LogP) is 2.83. The van der Waals surface area contributed by atoms with Crippen LogP contribution in [0.5, 0.6) is 0 Å². The van der Waals surface area contributed by atoms with E-state index in [4.69, 9.17) is 18.6 Å². The van der Waals surface area contributed by atoms with Gasteiger partial charge in [-0.1, -0.05) is 100 Å². The first-order valence-electron chi connectivity index (χ1n) is 11.1. The average molecular weight is 585 g/mol. The van der Waals surface area contributed by atoms with Crippen LogP contribution >= 0.6 is 27.7 Å². The van der Waals surface area contributed by atoms with Crippen molar-refractivity contribution in [2.75, 3.05) is 19.3 Å². The van der Waals surface area contributed by atoms with Crippen LogP contribution in [0.3, 0.4) is 0 Å². The van der Waals surface area contributed by atoms with Crippen LogP contribution in [0.4, 0.5) is 0 Å². The Hall–Kier alpha value is -2.49. The van der Waals surface area contributed by atoms with E-state index in [1.165, 1.54) is 44.0 Å². The van der Waals surface area contributed by atoms with Gasteiger partial charge >= 0.3 is 0 Å². The first kappa shape index (κ1) is 26.6. The Balaban J connectivity index is 0.000000556. The molecule has 4 aromatic rings. The molecule has 1 heterocycles. The molecule has 184 valence electrons. The van der Waals surface area contributed by atoms with E-state index in [0.717, 1.165) is 16.8 Å². The Labute approximate surface area is 225 Å². The van der Waals surface area contributed by atoms with Crippen molar-refractivity contribution in [3.63, 3.8) is 0 Å². The minimum Gasteiger partial charge on any atom is -0.226 e. The van der Waals surface area contributed by atoms with Gasteiger partial charge in [-0.25, -0.2) is 23.2 Å². The van der Waals surface area contributed by atoms with Gasteiger partial charge in [-0.15, -0.1) is 10.2 Å². The topological polar surface area (TPSA) is 95.2 Å². The number of thioether (sulfide) groups is 1. The SMILES string of the molecule is C[N+]1=C(c2c(-c3ccccc3)cc(-c3ccc(Br)cc3)cc2-c2ccccc2)SCC1.[O-][Cl+3]([O-])([O-])[O-]. The molecule has 36 heavy (non-hydrogen) atoms. The summed E-state index contributed by atoms with van der Waals surface area (Å²) in [4.78, 5) is 0. The van der Waals surface area contributed by atoms with Crippen LogP contribution in [-0.4, -0.2) is 29.0 Å². The quantitative estimate of drug-likeness (QED) is 0.344. The Bertz CT molecular complexity index is 1290. The lowest BCUT2D eigenvalue weighted by Crippen LogP contribution is -2.68. The molecule has 0 amide bonds. The van der Waals surface area contributed by atoms with Crippen molar-refractivity contribution in [3.8, 4) is 33.4 Å². The summed E-state index contributed by atoms with van der Waals surface area (Å²) in [7, 11) is -2.73. The summed E-state index contributed by atoms with van der Waals surface area (Å²) in [5.74, 6) is 1.13. The fraction of sp³-hybridized carbons (Fsp3) is 0.107. The molecule has 0 fully saturated rings. The van der Waals surface area contributed by atoms with Crippen LogP contribution in [0.1, 0.15) is 5.56 Å². The lowest BCUT2D eigenvalue weighted by atomic mass is 9.88. The molecule has 0 bridgehead atoms. The van der Waals surface area contributed by atoms with Gasteiger partial charge in [0.2, 0.25) is 5.04 Å². The van der Waals surface area contributed by atoms with Gasteiger partial charge < -0.3 is 0 Å². The molecule has 0 saturated carbocycles. The van der Waals surface area contributed by atoms with E-state index in [0.29, 0.717) is 0 Å². The minimum atomic E-state index is -4.94. The highest BCUT2D eigenvalue weighted by molar-refractivity contribution is 9.10. The highest BCUT2D eigenvalue weighted by Crippen LogP contribution is 2.40. The first-order valence-corrected chi connectivity index (χ1v) is 14.1. The monoisotopic (exact) mass is 583 g/mol. The molecule has 0 atom stereocenters. The Morgan fingerprint density at radius 2 is 1.17 bits per heavy atom. The van der Waals surface area contributed by atoms with Crippen LogP contribution in [-0.2, 0) is 0 Å². The molecule has 5 rings (SSSR count). The molecule has 0 aromatic heterocycles. The van der Waals surface area contributed by atoms with Gasteiger partial charge in [0.15, 0.2) is 6.54 Å². The van der Waals surface area contributed by atoms with Crippen molar-refractivity contribution in [2.24, 2.45) is 0 Å². The maximum atomic E-state index is 8.49. The summed E-state index contributed by atoms with van der Waals surface area (Å²) >= 11 is 5.53. The number of nitrogens with zero attached hydrogens (tertiary/aromatic N) is 1. The first-order chi connectivity index (χ1) is 17.2. The largest absolute Gasteiger partial charge is 0.243 e. The van der Waals surface area contributed by atoms with E-state index in [-0.39, 0.29) is 0 Å². The van der Waals surface area contributed by atoms with E-state index < -0.39 is 10.2 Å². The standard InChI is InChI=1S/C28H23BrNS.ClHO4/c1-30-16-17-31-28(30)27-25(21-8-4-2-5-9-21)18-23(20-12-14-24(29)15-13-20)19-26(27)22-10-6-3-7-11-22;2-1(3,4)5/h2-15,18-19H,16-17H2,1H3;(H,2,3,4,5)/q+1;/p-1. The van der Waals surface area contributed by atoms with Crippen LogP contribution < -0.4 is 18.6 Å². The van der Waals surface area contributed by atoms with Crippen molar-refractivity contribution in [3.05, 3.63) is 107 Å². The number of hydrogen-bond donors (Lipinski definition) is 0. The smallest absolute Gasteiger partial charge is 0.226 e. The van der Waals surface area contributed by atoms with Gasteiger partial charge in [0.25, 0.3) is 0 Å². The number of rotatable bonds is 4. The van der Waals surface area contributed by atoms with Crippen LogP contribution in [0.25, 0.3) is 33.4 Å². The molecule has 0 N–H and O–H groups in total. The zero-order valence-corrected chi connectivity index (χ0v) is 22.6. The lowest BCUT2D eigenvalue weighted by Gasteiger charge is -2.17. The predicted molar refractivity (Wildman–Crippen MR) is 138 cm³/mol. The second-order valence-electron chi connectivity index (χ2n) is 8.14. The van der Waals surface area contributed by atoms with Gasteiger partial charge in [-0.05, 0) is 57.6 Å². The highest BCUT2D eigenvalue weighted by Gasteiger charge is 2.28. The van der Waals surface area contributed by atoms with Crippen LogP contribution in [0, 0.1) is 10.2 Å². The van der Waals surface area contributed by atoms with E-state index in [9.17, 15) is 0 Å². The molecule has 0 radical (unpaired) electrons. The molecule has 0 unspecified atom stereocenters. The summed E-state index contributed by atoms with van der Waals surface area (Å²) in [6.45, 7) is 1.08. The maximum absolute atomic E-state index is 8.49. The van der Waals surface area contributed by atoms with E-state index in [1.54, 1.807) is 0 Å². The van der Waals surface area contributed by atoms with Gasteiger partial charge in [-0.2, -0.15) is 0 Å². The Kier molecular flexibility index (Phi) is 8.64. The molecular weight excluding hydrogens is 562 g/mol. The zero-order chi connectivity index (χ0) is 25.7. The van der Waals surface area contributed by atoms with Gasteiger partial charge in [0.05, 0.1) is 11.3 Å². The van der Waals surface area contributed by atoms with Crippen LogP contribution in [0.15, 0.2) is 102 Å². The third-order valence-electron chi connectivity index (χ3n) is 5.71. The molecule has 0 aliphatic carbocycles. The minimum absolute atomic E-state index is 1.08. The molecule has 0 spiro atoms. The normalized spacial score (nSPS) is 13.4. The Morgan fingerprint density at radius 3 is 1.58 bits per heavy atom. The number of halogens is 2. The summed E-state index contributed by atoms with van der Waals surface area (Å²) < 4.78 is 37.5. The maximum Gasteiger partial charge on any atom is 0.243 e. The van der Waals surface area contributed by atoms with Crippen LogP contribution in [0.2, 0.25) is 0 Å². The number of hydrogen-bond acceptors (Lipinski definition) is 5. The van der Waals surface area contributed by atoms with Crippen molar-refractivity contribution >= 4 is 32.7 Å². The summed E-state index contributed by atoms with van der Waals surface area (Å²) in [6, 6.07) is 34.9. The Morgan fingerprint density at radius 1 is 0.694 bits per heavy atom. The molecule has 5 nitrogen and oxygen atoms in total. The second kappa shape index (κ2) is 11.7. The summed E-state index contributed by atoms with van der Waals surface area (Å²) in [5.41, 5.74) is 8.88. The summed E-state index contributed by atoms with van der Waals surface area (Å²) in [5, 5.41) is 1.36. The van der Waals surface area contributed by atoms with Gasteiger partial charge in [0, 0.05) is 4.47 Å². The van der Waals surface area contributed by atoms with E-state index in [1.807, 2.05) is 11.8 Å². The third kappa shape index (κ3) is 6.83. The lowest BCUT2D eigenvalue weighted by molar-refractivity contribution is -2.00. The average Bonchev–Trinajstić information content (AvgIpc) is 3.29. The van der Waals surface area contributed by atoms with Gasteiger partial charge in [0.1, 0.15) is 7.05 Å². The van der Waals surface area contributed by atoms with Crippen molar-refractivity contribution in [1.82, 2.24) is 0 Å².